The molecule has 3 aromatic rings. The molecule has 190 valence electrons. The van der Waals surface area contributed by atoms with E-state index in [1.165, 1.54) is 27.8 Å². The van der Waals surface area contributed by atoms with E-state index in [2.05, 4.69) is 61.2 Å². The lowest BCUT2D eigenvalue weighted by atomic mass is 9.74. The molecule has 0 aromatic heterocycles. The van der Waals surface area contributed by atoms with Gasteiger partial charge in [0.05, 0.1) is 4.90 Å². The summed E-state index contributed by atoms with van der Waals surface area (Å²) < 4.78 is 29.1. The lowest BCUT2D eigenvalue weighted by molar-refractivity contribution is -0.0261. The molecule has 5 nitrogen and oxygen atoms in total. The Hall–Kier alpha value is -2.51. The van der Waals surface area contributed by atoms with Gasteiger partial charge >= 0.3 is 0 Å². The maximum atomic E-state index is 13.7. The van der Waals surface area contributed by atoms with Gasteiger partial charge in [-0.15, -0.1) is 0 Å². The van der Waals surface area contributed by atoms with Gasteiger partial charge in [0.2, 0.25) is 10.0 Å². The fourth-order valence-corrected chi connectivity index (χ4v) is 7.85. The minimum Gasteiger partial charge on any atom is -0.329 e. The third-order valence-electron chi connectivity index (χ3n) is 8.31. The van der Waals surface area contributed by atoms with Crippen molar-refractivity contribution in [1.29, 1.82) is 0 Å². The molecule has 0 amide bonds. The van der Waals surface area contributed by atoms with E-state index >= 15 is 0 Å². The maximum Gasteiger partial charge on any atom is 0.243 e. The Morgan fingerprint density at radius 1 is 0.861 bits per heavy atom. The van der Waals surface area contributed by atoms with Crippen molar-refractivity contribution in [3.63, 3.8) is 0 Å². The predicted octanol–water partition coefficient (Wildman–Crippen LogP) is 4.86. The molecule has 2 heterocycles. The number of sulfonamides is 1. The molecule has 0 saturated carbocycles. The smallest absolute Gasteiger partial charge is 0.243 e. The summed E-state index contributed by atoms with van der Waals surface area (Å²) in [6.45, 7) is 8.80. The van der Waals surface area contributed by atoms with E-state index in [1.54, 1.807) is 10.4 Å². The van der Waals surface area contributed by atoms with Gasteiger partial charge in [0, 0.05) is 37.6 Å². The van der Waals surface area contributed by atoms with Crippen LogP contribution >= 0.6 is 0 Å². The molecule has 6 heteroatoms. The molecule has 2 N–H and O–H groups in total. The molecule has 0 aliphatic carbocycles. The molecule has 0 bridgehead atoms. The molecule has 36 heavy (non-hydrogen) atoms. The number of nitrogens with two attached hydrogens (primary N) is 1. The molecule has 2 fully saturated rings. The molecule has 3 atom stereocenters. The maximum absolute atomic E-state index is 13.7. The Labute approximate surface area is 216 Å². The number of hydrogen-bond acceptors (Lipinski definition) is 4. The summed E-state index contributed by atoms with van der Waals surface area (Å²) in [4.78, 5) is 2.87. The van der Waals surface area contributed by atoms with Crippen molar-refractivity contribution in [3.8, 4) is 11.1 Å². The van der Waals surface area contributed by atoms with Gasteiger partial charge in [-0.1, -0.05) is 60.7 Å². The van der Waals surface area contributed by atoms with Crippen molar-refractivity contribution in [3.05, 3.63) is 89.0 Å². The van der Waals surface area contributed by atoms with E-state index in [-0.39, 0.29) is 18.0 Å². The van der Waals surface area contributed by atoms with Gasteiger partial charge in [-0.25, -0.2) is 8.42 Å². The standard InChI is InChI=1S/C30H37N3O2S/c1-21-10-8-11-26(23(21)3)24-13-15-25(16-14-24)30-27(19-31)33-18-7-6-17-32(20-28(30)33)36(34,35)29-12-5-4-9-22(29)2/h4-5,8-16,27-28,30H,6-7,17-20,31H2,1-3H3/t27?,28-,30+/m0/s1. The van der Waals surface area contributed by atoms with Crippen LogP contribution in [0.15, 0.2) is 71.6 Å². The molecule has 3 aromatic carbocycles. The first kappa shape index (κ1) is 25.2. The van der Waals surface area contributed by atoms with Crippen molar-refractivity contribution < 1.29 is 8.42 Å². The monoisotopic (exact) mass is 503 g/mol. The quantitative estimate of drug-likeness (QED) is 0.540. The van der Waals surface area contributed by atoms with Crippen molar-refractivity contribution in [2.24, 2.45) is 5.73 Å². The van der Waals surface area contributed by atoms with E-state index < -0.39 is 10.0 Å². The molecule has 0 spiro atoms. The normalized spacial score (nSPS) is 23.4. The van der Waals surface area contributed by atoms with E-state index in [0.29, 0.717) is 24.5 Å². The fourth-order valence-electron chi connectivity index (χ4n) is 6.12. The first-order valence-electron chi connectivity index (χ1n) is 13.0. The summed E-state index contributed by atoms with van der Waals surface area (Å²) in [5.41, 5.74) is 13.4. The summed E-state index contributed by atoms with van der Waals surface area (Å²) in [6, 6.07) is 23.0. The van der Waals surface area contributed by atoms with E-state index in [4.69, 9.17) is 5.73 Å². The predicted molar refractivity (Wildman–Crippen MR) is 147 cm³/mol. The van der Waals surface area contributed by atoms with E-state index in [0.717, 1.165) is 24.9 Å². The van der Waals surface area contributed by atoms with E-state index in [1.807, 2.05) is 25.1 Å². The first-order chi connectivity index (χ1) is 17.3. The molecule has 2 aliphatic rings. The number of rotatable bonds is 5. The highest BCUT2D eigenvalue weighted by atomic mass is 32.2. The van der Waals surface area contributed by atoms with Crippen molar-refractivity contribution in [2.75, 3.05) is 26.2 Å². The number of fused-ring (bicyclic) bond motifs is 1. The second kappa shape index (κ2) is 10.1. The number of benzene rings is 3. The van der Waals surface area contributed by atoms with Crippen molar-refractivity contribution in [1.82, 2.24) is 9.21 Å². The summed E-state index contributed by atoms with van der Waals surface area (Å²) in [7, 11) is -3.56. The molecule has 5 rings (SSSR count). The number of hydrogen-bond donors (Lipinski definition) is 1. The Balaban J connectivity index is 1.44. The average Bonchev–Trinajstić information content (AvgIpc) is 2.85. The SMILES string of the molecule is Cc1ccccc1S(=O)(=O)N1CCCCN2C(CN)[C@@H](c3ccc(-c4cccc(C)c4C)cc3)[C@@H]2C1. The highest BCUT2D eigenvalue weighted by Gasteiger charge is 2.50. The molecule has 1 unspecified atom stereocenters. The molecule has 2 aliphatic heterocycles. The summed E-state index contributed by atoms with van der Waals surface area (Å²) in [5.74, 6) is 0.218. The Morgan fingerprint density at radius 3 is 2.28 bits per heavy atom. The Kier molecular flexibility index (Phi) is 7.05. The van der Waals surface area contributed by atoms with Gasteiger partial charge in [-0.2, -0.15) is 4.31 Å². The summed E-state index contributed by atoms with van der Waals surface area (Å²) in [6.07, 6.45) is 1.84. The van der Waals surface area contributed by atoms with Gasteiger partial charge in [-0.3, -0.25) is 4.90 Å². The third kappa shape index (κ3) is 4.41. The van der Waals surface area contributed by atoms with Crippen molar-refractivity contribution in [2.45, 2.75) is 56.5 Å². The molecular weight excluding hydrogens is 466 g/mol. The minimum atomic E-state index is -3.56. The Bertz CT molecular complexity index is 1340. The molecule has 0 radical (unpaired) electrons. The number of aryl methyl sites for hydroxylation is 2. The van der Waals surface area contributed by atoms with Crippen LogP contribution in [0, 0.1) is 20.8 Å². The van der Waals surface area contributed by atoms with Crippen LogP contribution in [0.4, 0.5) is 0 Å². The van der Waals surface area contributed by atoms with Gasteiger partial charge in [0.25, 0.3) is 0 Å². The van der Waals surface area contributed by atoms with Crippen LogP contribution in [0.2, 0.25) is 0 Å². The van der Waals surface area contributed by atoms with Crippen LogP contribution in [-0.4, -0.2) is 55.9 Å². The van der Waals surface area contributed by atoms with Gasteiger partial charge in [0.1, 0.15) is 0 Å². The van der Waals surface area contributed by atoms with Gasteiger partial charge in [0.15, 0.2) is 0 Å². The lowest BCUT2D eigenvalue weighted by Crippen LogP contribution is -2.68. The van der Waals surface area contributed by atoms with Crippen molar-refractivity contribution >= 4 is 10.0 Å². The van der Waals surface area contributed by atoms with Crippen LogP contribution in [0.1, 0.15) is 41.0 Å². The Morgan fingerprint density at radius 2 is 1.56 bits per heavy atom. The minimum absolute atomic E-state index is 0.129. The molecule has 2 saturated heterocycles. The van der Waals surface area contributed by atoms with E-state index in [9.17, 15) is 8.42 Å². The van der Waals surface area contributed by atoms with Crippen LogP contribution in [0.25, 0.3) is 11.1 Å². The van der Waals surface area contributed by atoms with Crippen LogP contribution in [0.5, 0.6) is 0 Å². The average molecular weight is 504 g/mol. The first-order valence-corrected chi connectivity index (χ1v) is 14.4. The highest BCUT2D eigenvalue weighted by molar-refractivity contribution is 7.89. The number of nitrogens with zero attached hydrogens (tertiary/aromatic N) is 2. The van der Waals surface area contributed by atoms with Crippen LogP contribution in [0.3, 0.4) is 0 Å². The zero-order valence-corrected chi connectivity index (χ0v) is 22.3. The molecular formula is C30H37N3O2S. The van der Waals surface area contributed by atoms with Gasteiger partial charge in [-0.05, 0) is 79.6 Å². The second-order valence-electron chi connectivity index (χ2n) is 10.3. The van der Waals surface area contributed by atoms with Gasteiger partial charge < -0.3 is 5.73 Å². The fraction of sp³-hybridized carbons (Fsp3) is 0.400. The zero-order valence-electron chi connectivity index (χ0n) is 21.5. The van der Waals surface area contributed by atoms with Crippen LogP contribution < -0.4 is 5.73 Å². The lowest BCUT2D eigenvalue weighted by Gasteiger charge is -2.57. The zero-order chi connectivity index (χ0) is 25.4. The van der Waals surface area contributed by atoms with Crippen LogP contribution in [-0.2, 0) is 10.0 Å². The third-order valence-corrected chi connectivity index (χ3v) is 10.3. The summed E-state index contributed by atoms with van der Waals surface area (Å²) >= 11 is 0. The summed E-state index contributed by atoms with van der Waals surface area (Å²) in [5, 5.41) is 0. The largest absolute Gasteiger partial charge is 0.329 e. The second-order valence-corrected chi connectivity index (χ2v) is 12.2. The topological polar surface area (TPSA) is 66.6 Å². The highest BCUT2D eigenvalue weighted by Crippen LogP contribution is 2.43.